The molecule has 0 amide bonds. The van der Waals surface area contributed by atoms with Crippen molar-refractivity contribution >= 4 is 11.9 Å². The summed E-state index contributed by atoms with van der Waals surface area (Å²) in [6.07, 6.45) is 0.0206. The maximum Gasteiger partial charge on any atom is 0.320 e. The van der Waals surface area contributed by atoms with Crippen molar-refractivity contribution in [1.82, 2.24) is 4.90 Å². The molecule has 0 rings (SSSR count). The summed E-state index contributed by atoms with van der Waals surface area (Å²) >= 11 is 0. The van der Waals surface area contributed by atoms with Crippen LogP contribution < -0.4 is 0 Å². The summed E-state index contributed by atoms with van der Waals surface area (Å²) in [5, 5.41) is 16.9. The molecule has 0 bridgehead atoms. The molecule has 0 aromatic rings. The van der Waals surface area contributed by atoms with Crippen LogP contribution in [0.25, 0.3) is 0 Å². The topological polar surface area (TPSA) is 77.8 Å². The first-order chi connectivity index (χ1) is 5.45. The lowest BCUT2D eigenvalue weighted by Gasteiger charge is -2.18. The predicted octanol–water partition coefficient (Wildman–Crippen LogP) is -0.134. The minimum atomic E-state index is -0.985. The molecule has 0 spiro atoms. The van der Waals surface area contributed by atoms with E-state index in [9.17, 15) is 9.59 Å². The molecule has 12 heavy (non-hydrogen) atoms. The summed E-state index contributed by atoms with van der Waals surface area (Å²) in [6.45, 7) is 0. The summed E-state index contributed by atoms with van der Waals surface area (Å²) in [5.74, 6) is -1.95. The van der Waals surface area contributed by atoms with Gasteiger partial charge in [0.25, 0.3) is 0 Å². The molecule has 0 radical (unpaired) electrons. The van der Waals surface area contributed by atoms with E-state index in [-0.39, 0.29) is 12.8 Å². The van der Waals surface area contributed by atoms with Gasteiger partial charge in [-0.15, -0.1) is 0 Å². The SMILES string of the molecule is CN(C)C(CCC(=O)O)C(=O)O. The van der Waals surface area contributed by atoms with Crippen LogP contribution in [0.3, 0.4) is 0 Å². The van der Waals surface area contributed by atoms with Crippen LogP contribution in [-0.4, -0.2) is 47.2 Å². The highest BCUT2D eigenvalue weighted by Gasteiger charge is 2.20. The normalized spacial score (nSPS) is 12.9. The van der Waals surface area contributed by atoms with Crippen LogP contribution in [0, 0.1) is 0 Å². The predicted molar refractivity (Wildman–Crippen MR) is 42.0 cm³/mol. The van der Waals surface area contributed by atoms with Crippen LogP contribution in [0.4, 0.5) is 0 Å². The smallest absolute Gasteiger partial charge is 0.320 e. The number of likely N-dealkylation sites (N-methyl/N-ethyl adjacent to an activating group) is 1. The highest BCUT2D eigenvalue weighted by Crippen LogP contribution is 2.03. The third-order valence-electron chi connectivity index (χ3n) is 1.54. The molecule has 0 fully saturated rings. The number of carbonyl (C=O) groups is 2. The van der Waals surface area contributed by atoms with Crippen molar-refractivity contribution in [2.45, 2.75) is 18.9 Å². The van der Waals surface area contributed by atoms with Crippen molar-refractivity contribution in [3.63, 3.8) is 0 Å². The van der Waals surface area contributed by atoms with Gasteiger partial charge in [0.1, 0.15) is 6.04 Å². The van der Waals surface area contributed by atoms with Crippen LogP contribution in [0.5, 0.6) is 0 Å². The molecule has 2 N–H and O–H groups in total. The maximum absolute atomic E-state index is 10.5. The van der Waals surface area contributed by atoms with Crippen LogP contribution in [-0.2, 0) is 9.59 Å². The van der Waals surface area contributed by atoms with E-state index in [0.717, 1.165) is 0 Å². The molecule has 0 aromatic heterocycles. The molecule has 0 aliphatic heterocycles. The molecular weight excluding hydrogens is 162 g/mol. The Bertz CT molecular complexity index is 178. The fourth-order valence-corrected chi connectivity index (χ4v) is 0.863. The molecule has 0 heterocycles. The number of aliphatic carboxylic acids is 2. The number of carboxylic acid groups (broad SMARTS) is 2. The van der Waals surface area contributed by atoms with Gasteiger partial charge in [0.15, 0.2) is 0 Å². The Morgan fingerprint density at radius 1 is 1.33 bits per heavy atom. The number of hydrogen-bond donors (Lipinski definition) is 2. The molecule has 0 saturated heterocycles. The van der Waals surface area contributed by atoms with Crippen LogP contribution in [0.1, 0.15) is 12.8 Å². The summed E-state index contributed by atoms with van der Waals surface area (Å²) < 4.78 is 0. The minimum Gasteiger partial charge on any atom is -0.481 e. The first-order valence-electron chi connectivity index (χ1n) is 3.56. The zero-order valence-electron chi connectivity index (χ0n) is 7.15. The Kier molecular flexibility index (Phi) is 4.28. The summed E-state index contributed by atoms with van der Waals surface area (Å²) in [7, 11) is 3.22. The van der Waals surface area contributed by atoms with E-state index in [4.69, 9.17) is 10.2 Å². The Morgan fingerprint density at radius 2 is 1.83 bits per heavy atom. The number of rotatable bonds is 5. The number of hydrogen-bond acceptors (Lipinski definition) is 3. The van der Waals surface area contributed by atoms with Gasteiger partial charge in [-0.2, -0.15) is 0 Å². The second-order valence-electron chi connectivity index (χ2n) is 2.75. The molecule has 1 unspecified atom stereocenters. The van der Waals surface area contributed by atoms with Crippen molar-refractivity contribution in [3.8, 4) is 0 Å². The molecule has 5 heteroatoms. The van der Waals surface area contributed by atoms with Gasteiger partial charge in [-0.05, 0) is 20.5 Å². The molecular formula is C7H13NO4. The van der Waals surface area contributed by atoms with Crippen LogP contribution in [0.2, 0.25) is 0 Å². The Balaban J connectivity index is 3.97. The standard InChI is InChI=1S/C7H13NO4/c1-8(2)5(7(11)12)3-4-6(9)10/h5H,3-4H2,1-2H3,(H,9,10)(H,11,12). The van der Waals surface area contributed by atoms with E-state index >= 15 is 0 Å². The summed E-state index contributed by atoms with van der Waals surface area (Å²) in [4.78, 5) is 22.1. The fourth-order valence-electron chi connectivity index (χ4n) is 0.863. The third kappa shape index (κ3) is 3.92. The monoisotopic (exact) mass is 175 g/mol. The lowest BCUT2D eigenvalue weighted by Crippen LogP contribution is -2.35. The van der Waals surface area contributed by atoms with E-state index in [0.29, 0.717) is 0 Å². The van der Waals surface area contributed by atoms with Crippen molar-refractivity contribution in [2.24, 2.45) is 0 Å². The van der Waals surface area contributed by atoms with Crippen molar-refractivity contribution in [1.29, 1.82) is 0 Å². The Hall–Kier alpha value is -1.10. The van der Waals surface area contributed by atoms with E-state index in [1.807, 2.05) is 0 Å². The van der Waals surface area contributed by atoms with E-state index in [1.165, 1.54) is 4.90 Å². The van der Waals surface area contributed by atoms with Crippen LogP contribution in [0.15, 0.2) is 0 Å². The van der Waals surface area contributed by atoms with Gasteiger partial charge in [0.05, 0.1) is 0 Å². The lowest BCUT2D eigenvalue weighted by atomic mass is 10.1. The zero-order chi connectivity index (χ0) is 9.72. The van der Waals surface area contributed by atoms with Crippen LogP contribution >= 0.6 is 0 Å². The highest BCUT2D eigenvalue weighted by atomic mass is 16.4. The van der Waals surface area contributed by atoms with Gasteiger partial charge < -0.3 is 10.2 Å². The van der Waals surface area contributed by atoms with Gasteiger partial charge in [0, 0.05) is 6.42 Å². The van der Waals surface area contributed by atoms with Gasteiger partial charge in [-0.1, -0.05) is 0 Å². The first kappa shape index (κ1) is 10.9. The van der Waals surface area contributed by atoms with Gasteiger partial charge in [0.2, 0.25) is 0 Å². The molecule has 0 aromatic carbocycles. The van der Waals surface area contributed by atoms with E-state index in [2.05, 4.69) is 0 Å². The highest BCUT2D eigenvalue weighted by molar-refractivity contribution is 5.74. The molecule has 0 aliphatic rings. The second-order valence-corrected chi connectivity index (χ2v) is 2.75. The molecule has 70 valence electrons. The fraction of sp³-hybridized carbons (Fsp3) is 0.714. The molecule has 0 aliphatic carbocycles. The van der Waals surface area contributed by atoms with Crippen molar-refractivity contribution < 1.29 is 19.8 Å². The molecule has 1 atom stereocenters. The Labute approximate surface area is 70.6 Å². The van der Waals surface area contributed by atoms with E-state index in [1.54, 1.807) is 14.1 Å². The second kappa shape index (κ2) is 4.71. The average Bonchev–Trinajstić information content (AvgIpc) is 1.84. The lowest BCUT2D eigenvalue weighted by molar-refractivity contribution is -0.143. The first-order valence-corrected chi connectivity index (χ1v) is 3.56. The van der Waals surface area contributed by atoms with Gasteiger partial charge >= 0.3 is 11.9 Å². The number of carboxylic acids is 2. The maximum atomic E-state index is 10.5. The number of nitrogens with zero attached hydrogens (tertiary/aromatic N) is 1. The quantitative estimate of drug-likeness (QED) is 0.608. The molecule has 5 nitrogen and oxygen atoms in total. The van der Waals surface area contributed by atoms with Gasteiger partial charge in [-0.25, -0.2) is 0 Å². The van der Waals surface area contributed by atoms with Crippen molar-refractivity contribution in [3.05, 3.63) is 0 Å². The van der Waals surface area contributed by atoms with Gasteiger partial charge in [-0.3, -0.25) is 14.5 Å². The van der Waals surface area contributed by atoms with E-state index < -0.39 is 18.0 Å². The Morgan fingerprint density at radius 3 is 2.08 bits per heavy atom. The summed E-state index contributed by atoms with van der Waals surface area (Å²) in [5.41, 5.74) is 0. The minimum absolute atomic E-state index is 0.116. The zero-order valence-corrected chi connectivity index (χ0v) is 7.15. The largest absolute Gasteiger partial charge is 0.481 e. The summed E-state index contributed by atoms with van der Waals surface area (Å²) in [6, 6.07) is -0.707. The average molecular weight is 175 g/mol. The third-order valence-corrected chi connectivity index (χ3v) is 1.54. The van der Waals surface area contributed by atoms with Crippen molar-refractivity contribution in [2.75, 3.05) is 14.1 Å². The molecule has 0 saturated carbocycles.